The van der Waals surface area contributed by atoms with E-state index in [0.29, 0.717) is 6.07 Å². The Bertz CT molecular complexity index is 561. The first-order valence-corrected chi connectivity index (χ1v) is 6.52. The number of rotatable bonds is 4. The zero-order valence-electron chi connectivity index (χ0n) is 8.08. The third-order valence-electron chi connectivity index (χ3n) is 1.59. The van der Waals surface area contributed by atoms with Gasteiger partial charge in [0.1, 0.15) is 11.6 Å². The van der Waals surface area contributed by atoms with Crippen molar-refractivity contribution in [1.82, 2.24) is 0 Å². The highest BCUT2D eigenvalue weighted by Gasteiger charge is 2.18. The smallest absolute Gasteiger partial charge is 0.320 e. The second-order valence-corrected chi connectivity index (χ2v) is 5.58. The zero-order chi connectivity index (χ0) is 13.2. The molecule has 0 amide bonds. The number of carbonyl (C=O) groups is 1. The molecule has 1 aromatic rings. The first-order chi connectivity index (χ1) is 7.71. The number of halogens is 3. The molecule has 0 aliphatic carbocycles. The highest BCUT2D eigenvalue weighted by molar-refractivity contribution is 9.10. The Balaban J connectivity index is 3.04. The normalized spacial score (nSPS) is 11.2. The van der Waals surface area contributed by atoms with Crippen molar-refractivity contribution in [1.29, 1.82) is 0 Å². The van der Waals surface area contributed by atoms with Crippen molar-refractivity contribution in [2.75, 3.05) is 10.5 Å². The molecule has 0 radical (unpaired) electrons. The average molecular weight is 330 g/mol. The molecule has 0 atom stereocenters. The van der Waals surface area contributed by atoms with Crippen molar-refractivity contribution in [3.8, 4) is 0 Å². The summed E-state index contributed by atoms with van der Waals surface area (Å²) in [6, 6.07) is 1.34. The minimum absolute atomic E-state index is 0.146. The lowest BCUT2D eigenvalue weighted by atomic mass is 10.3. The van der Waals surface area contributed by atoms with Crippen molar-refractivity contribution >= 4 is 37.6 Å². The predicted octanol–water partition coefficient (Wildman–Crippen LogP) is 1.55. The molecule has 2 N–H and O–H groups in total. The molecule has 0 fully saturated rings. The van der Waals surface area contributed by atoms with E-state index in [0.717, 1.165) is 6.07 Å². The van der Waals surface area contributed by atoms with E-state index in [2.05, 4.69) is 15.9 Å². The van der Waals surface area contributed by atoms with Gasteiger partial charge in [-0.2, -0.15) is 0 Å². The van der Waals surface area contributed by atoms with E-state index >= 15 is 0 Å². The number of hydrogen-bond donors (Lipinski definition) is 2. The first-order valence-electron chi connectivity index (χ1n) is 4.08. The largest absolute Gasteiger partial charge is 0.480 e. The number of aliphatic carboxylic acids is 1. The zero-order valence-corrected chi connectivity index (χ0v) is 10.5. The van der Waals surface area contributed by atoms with Crippen LogP contribution in [0.15, 0.2) is 16.6 Å². The SMILES string of the molecule is O=C(O)CS(=O)(=O)Nc1cc(Br)c(F)cc1F. The molecule has 0 aromatic heterocycles. The van der Waals surface area contributed by atoms with Crippen molar-refractivity contribution in [3.05, 3.63) is 28.2 Å². The molecule has 0 saturated heterocycles. The topological polar surface area (TPSA) is 83.5 Å². The summed E-state index contributed by atoms with van der Waals surface area (Å²) in [4.78, 5) is 10.2. The van der Waals surface area contributed by atoms with Crippen LogP contribution in [0.3, 0.4) is 0 Å². The lowest BCUT2D eigenvalue weighted by Crippen LogP contribution is -2.23. The lowest BCUT2D eigenvalue weighted by Gasteiger charge is -2.08. The summed E-state index contributed by atoms with van der Waals surface area (Å²) in [6.45, 7) is 0. The Kier molecular flexibility index (Phi) is 4.04. The quantitative estimate of drug-likeness (QED) is 0.821. The fourth-order valence-electron chi connectivity index (χ4n) is 0.967. The van der Waals surface area contributed by atoms with Gasteiger partial charge in [0, 0.05) is 6.07 Å². The van der Waals surface area contributed by atoms with Crippen LogP contribution in [0.2, 0.25) is 0 Å². The number of carboxylic acids is 1. The summed E-state index contributed by atoms with van der Waals surface area (Å²) >= 11 is 2.75. The summed E-state index contributed by atoms with van der Waals surface area (Å²) in [7, 11) is -4.22. The molecular weight excluding hydrogens is 324 g/mol. The van der Waals surface area contributed by atoms with Crippen molar-refractivity contribution in [2.45, 2.75) is 0 Å². The Morgan fingerprint density at radius 2 is 1.94 bits per heavy atom. The first kappa shape index (κ1) is 13.8. The fraction of sp³-hybridized carbons (Fsp3) is 0.125. The van der Waals surface area contributed by atoms with Crippen molar-refractivity contribution in [3.63, 3.8) is 0 Å². The second-order valence-electron chi connectivity index (χ2n) is 3.00. The van der Waals surface area contributed by atoms with Gasteiger partial charge >= 0.3 is 5.97 Å². The standard InChI is InChI=1S/C8H6BrF2NO4S/c9-4-1-7(6(11)2-5(4)10)12-17(15,16)3-8(13)14/h1-2,12H,3H2,(H,13,14). The van der Waals surface area contributed by atoms with Crippen LogP contribution in [-0.4, -0.2) is 25.2 Å². The van der Waals surface area contributed by atoms with Crippen LogP contribution in [-0.2, 0) is 14.8 Å². The number of sulfonamides is 1. The summed E-state index contributed by atoms with van der Waals surface area (Å²) < 4.78 is 49.9. The third-order valence-corrected chi connectivity index (χ3v) is 3.35. The van der Waals surface area contributed by atoms with E-state index in [1.165, 1.54) is 0 Å². The molecule has 17 heavy (non-hydrogen) atoms. The molecule has 0 aliphatic rings. The lowest BCUT2D eigenvalue weighted by molar-refractivity contribution is -0.134. The van der Waals surface area contributed by atoms with Gasteiger partial charge in [-0.15, -0.1) is 0 Å². The van der Waals surface area contributed by atoms with E-state index in [9.17, 15) is 22.0 Å². The van der Waals surface area contributed by atoms with Gasteiger partial charge in [0.05, 0.1) is 10.2 Å². The van der Waals surface area contributed by atoms with E-state index in [4.69, 9.17) is 5.11 Å². The van der Waals surface area contributed by atoms with Crippen molar-refractivity contribution in [2.24, 2.45) is 0 Å². The summed E-state index contributed by atoms with van der Waals surface area (Å²) in [5.41, 5.74) is -0.528. The Labute approximate surface area is 104 Å². The molecule has 9 heteroatoms. The van der Waals surface area contributed by atoms with Crippen LogP contribution in [0.5, 0.6) is 0 Å². The molecule has 5 nitrogen and oxygen atoms in total. The number of nitrogens with one attached hydrogen (secondary N) is 1. The van der Waals surface area contributed by atoms with E-state index in [1.807, 2.05) is 0 Å². The van der Waals surface area contributed by atoms with E-state index < -0.39 is 39.1 Å². The maximum Gasteiger partial charge on any atom is 0.320 e. The van der Waals surface area contributed by atoms with Gasteiger partial charge in [0.25, 0.3) is 0 Å². The molecule has 0 saturated carbocycles. The third kappa shape index (κ3) is 3.93. The molecular formula is C8H6BrF2NO4S. The number of anilines is 1. The second kappa shape index (κ2) is 4.96. The highest BCUT2D eigenvalue weighted by atomic mass is 79.9. The van der Waals surface area contributed by atoms with Gasteiger partial charge in [0.15, 0.2) is 5.75 Å². The van der Waals surface area contributed by atoms with Crippen LogP contribution in [0.25, 0.3) is 0 Å². The van der Waals surface area contributed by atoms with Crippen LogP contribution in [0.1, 0.15) is 0 Å². The van der Waals surface area contributed by atoms with Crippen LogP contribution in [0.4, 0.5) is 14.5 Å². The maximum absolute atomic E-state index is 13.2. The van der Waals surface area contributed by atoms with E-state index in [1.54, 1.807) is 4.72 Å². The number of benzene rings is 1. The predicted molar refractivity (Wildman–Crippen MR) is 59.1 cm³/mol. The Morgan fingerprint density at radius 1 is 1.35 bits per heavy atom. The maximum atomic E-state index is 13.2. The summed E-state index contributed by atoms with van der Waals surface area (Å²) in [5, 5.41) is 8.31. The van der Waals surface area contributed by atoms with Gasteiger partial charge in [-0.05, 0) is 22.0 Å². The average Bonchev–Trinajstić information content (AvgIpc) is 2.11. The van der Waals surface area contributed by atoms with Gasteiger partial charge in [-0.3, -0.25) is 9.52 Å². The number of hydrogen-bond acceptors (Lipinski definition) is 3. The summed E-state index contributed by atoms with van der Waals surface area (Å²) in [6.07, 6.45) is 0. The molecule has 1 rings (SSSR count). The molecule has 94 valence electrons. The minimum Gasteiger partial charge on any atom is -0.480 e. The summed E-state index contributed by atoms with van der Waals surface area (Å²) in [5.74, 6) is -4.83. The monoisotopic (exact) mass is 329 g/mol. The molecule has 0 aliphatic heterocycles. The number of carboxylic acid groups (broad SMARTS) is 1. The molecule has 0 heterocycles. The van der Waals surface area contributed by atoms with Crippen LogP contribution in [0, 0.1) is 11.6 Å². The highest BCUT2D eigenvalue weighted by Crippen LogP contribution is 2.24. The molecule has 0 bridgehead atoms. The molecule has 1 aromatic carbocycles. The fourth-order valence-corrected chi connectivity index (χ4v) is 2.20. The Morgan fingerprint density at radius 3 is 2.47 bits per heavy atom. The van der Waals surface area contributed by atoms with Crippen molar-refractivity contribution < 1.29 is 27.1 Å². The minimum atomic E-state index is -4.22. The Hall–Kier alpha value is -1.22. The molecule has 0 unspecified atom stereocenters. The van der Waals surface area contributed by atoms with Crippen LogP contribution >= 0.6 is 15.9 Å². The van der Waals surface area contributed by atoms with Gasteiger partial charge in [-0.1, -0.05) is 0 Å². The molecule has 0 spiro atoms. The van der Waals surface area contributed by atoms with Gasteiger partial charge < -0.3 is 5.11 Å². The van der Waals surface area contributed by atoms with E-state index in [-0.39, 0.29) is 4.47 Å². The van der Waals surface area contributed by atoms with Crippen LogP contribution < -0.4 is 4.72 Å². The van der Waals surface area contributed by atoms with Gasteiger partial charge in [-0.25, -0.2) is 17.2 Å². The van der Waals surface area contributed by atoms with Gasteiger partial charge in [0.2, 0.25) is 10.0 Å².